The van der Waals surface area contributed by atoms with Crippen molar-refractivity contribution in [3.63, 3.8) is 0 Å². The Bertz CT molecular complexity index is 963. The monoisotopic (exact) mass is 375 g/mol. The molecule has 136 valence electrons. The van der Waals surface area contributed by atoms with Gasteiger partial charge in [-0.25, -0.2) is 4.39 Å². The number of halogens is 2. The van der Waals surface area contributed by atoms with Crippen molar-refractivity contribution in [2.45, 2.75) is 33.9 Å². The molecule has 0 aliphatic rings. The van der Waals surface area contributed by atoms with Crippen molar-refractivity contribution >= 4 is 23.2 Å². The van der Waals surface area contributed by atoms with Crippen LogP contribution in [0.3, 0.4) is 0 Å². The molecule has 3 rings (SSSR count). The third kappa shape index (κ3) is 3.94. The molecule has 0 atom stereocenters. The highest BCUT2D eigenvalue weighted by Crippen LogP contribution is 2.23. The summed E-state index contributed by atoms with van der Waals surface area (Å²) in [4.78, 5) is 12.3. The summed E-state index contributed by atoms with van der Waals surface area (Å²) in [5.74, 6) is -0.562. The maximum atomic E-state index is 13.2. The predicted molar refractivity (Wildman–Crippen MR) is 97.8 cm³/mol. The van der Waals surface area contributed by atoms with E-state index in [0.717, 1.165) is 17.0 Å². The first-order valence-corrected chi connectivity index (χ1v) is 8.49. The third-order valence-electron chi connectivity index (χ3n) is 4.06. The molecule has 0 unspecified atom stereocenters. The van der Waals surface area contributed by atoms with Crippen LogP contribution in [0, 0.1) is 26.6 Å². The van der Waals surface area contributed by atoms with Gasteiger partial charge in [0.25, 0.3) is 0 Å². The van der Waals surface area contributed by atoms with Crippen molar-refractivity contribution in [3.05, 3.63) is 63.9 Å². The van der Waals surface area contributed by atoms with Crippen LogP contribution in [-0.2, 0) is 17.9 Å². The summed E-state index contributed by atoms with van der Waals surface area (Å²) in [5, 5.41) is 11.9. The Labute approximate surface area is 155 Å². The lowest BCUT2D eigenvalue weighted by molar-refractivity contribution is -0.116. The van der Waals surface area contributed by atoms with E-state index in [1.807, 2.05) is 26.8 Å². The number of hydrogen-bond donors (Lipinski definition) is 1. The SMILES string of the molecule is Cc1ccn(CC(=O)Nc2c(C)nn(Cc3ccc(F)cc3Cl)c2C)n1. The van der Waals surface area contributed by atoms with Crippen molar-refractivity contribution in [3.8, 4) is 0 Å². The van der Waals surface area contributed by atoms with Gasteiger partial charge in [0.2, 0.25) is 5.91 Å². The van der Waals surface area contributed by atoms with Gasteiger partial charge in [0.1, 0.15) is 12.4 Å². The molecule has 2 heterocycles. The first-order chi connectivity index (χ1) is 12.3. The predicted octanol–water partition coefficient (Wildman–Crippen LogP) is 3.48. The molecule has 1 N–H and O–H groups in total. The van der Waals surface area contributed by atoms with Gasteiger partial charge in [-0.15, -0.1) is 0 Å². The number of carbonyl (C=O) groups excluding carboxylic acids is 1. The van der Waals surface area contributed by atoms with Crippen molar-refractivity contribution in [2.24, 2.45) is 0 Å². The average molecular weight is 376 g/mol. The van der Waals surface area contributed by atoms with Crippen LogP contribution in [0.2, 0.25) is 5.02 Å². The molecule has 26 heavy (non-hydrogen) atoms. The second-order valence-corrected chi connectivity index (χ2v) is 6.55. The van der Waals surface area contributed by atoms with Crippen LogP contribution in [0.4, 0.5) is 10.1 Å². The summed E-state index contributed by atoms with van der Waals surface area (Å²) >= 11 is 6.09. The van der Waals surface area contributed by atoms with Gasteiger partial charge in [-0.1, -0.05) is 17.7 Å². The van der Waals surface area contributed by atoms with Crippen LogP contribution in [-0.4, -0.2) is 25.5 Å². The molecular weight excluding hydrogens is 357 g/mol. The van der Waals surface area contributed by atoms with Crippen LogP contribution in [0.15, 0.2) is 30.5 Å². The van der Waals surface area contributed by atoms with Crippen LogP contribution < -0.4 is 5.32 Å². The van der Waals surface area contributed by atoms with E-state index < -0.39 is 0 Å². The van der Waals surface area contributed by atoms with Crippen LogP contribution in [0.25, 0.3) is 0 Å². The van der Waals surface area contributed by atoms with Gasteiger partial charge < -0.3 is 5.32 Å². The number of aryl methyl sites for hydroxylation is 2. The Kier molecular flexibility index (Phi) is 5.08. The fraction of sp³-hybridized carbons (Fsp3) is 0.278. The number of carbonyl (C=O) groups is 1. The lowest BCUT2D eigenvalue weighted by Crippen LogP contribution is -2.20. The van der Waals surface area contributed by atoms with Gasteiger partial charge in [0.15, 0.2) is 0 Å². The molecule has 0 radical (unpaired) electrons. The topological polar surface area (TPSA) is 64.7 Å². The molecule has 6 nitrogen and oxygen atoms in total. The average Bonchev–Trinajstić information content (AvgIpc) is 3.08. The van der Waals surface area contributed by atoms with Crippen molar-refractivity contribution in [2.75, 3.05) is 5.32 Å². The van der Waals surface area contributed by atoms with E-state index >= 15 is 0 Å². The minimum Gasteiger partial charge on any atom is -0.321 e. The van der Waals surface area contributed by atoms with Gasteiger partial charge in [-0.05, 0) is 44.5 Å². The molecule has 1 amide bonds. The summed E-state index contributed by atoms with van der Waals surface area (Å²) in [6.45, 7) is 6.07. The Morgan fingerprint density at radius 1 is 1.23 bits per heavy atom. The molecule has 3 aromatic rings. The smallest absolute Gasteiger partial charge is 0.246 e. The quantitative estimate of drug-likeness (QED) is 0.742. The van der Waals surface area contributed by atoms with Gasteiger partial charge in [0.05, 0.1) is 29.3 Å². The minimum absolute atomic E-state index is 0.127. The number of amides is 1. The van der Waals surface area contributed by atoms with E-state index in [4.69, 9.17) is 11.6 Å². The first-order valence-electron chi connectivity index (χ1n) is 8.11. The van der Waals surface area contributed by atoms with Gasteiger partial charge >= 0.3 is 0 Å². The standard InChI is InChI=1S/C18H19ClFN5O/c1-11-6-7-24(22-11)10-17(26)21-18-12(2)23-25(13(18)3)9-14-4-5-15(20)8-16(14)19/h4-8H,9-10H2,1-3H3,(H,21,26). The zero-order valence-electron chi connectivity index (χ0n) is 14.8. The molecule has 0 fully saturated rings. The number of rotatable bonds is 5. The van der Waals surface area contributed by atoms with E-state index in [-0.39, 0.29) is 18.3 Å². The lowest BCUT2D eigenvalue weighted by Gasteiger charge is -2.09. The zero-order chi connectivity index (χ0) is 18.8. The maximum absolute atomic E-state index is 13.2. The number of benzene rings is 1. The number of aromatic nitrogens is 4. The number of anilines is 1. The van der Waals surface area contributed by atoms with Crippen molar-refractivity contribution < 1.29 is 9.18 Å². The van der Waals surface area contributed by atoms with Crippen LogP contribution in [0.1, 0.15) is 22.6 Å². The number of nitrogens with one attached hydrogen (secondary N) is 1. The normalized spacial score (nSPS) is 11.0. The third-order valence-corrected chi connectivity index (χ3v) is 4.41. The van der Waals surface area contributed by atoms with Crippen molar-refractivity contribution in [1.29, 1.82) is 0 Å². The lowest BCUT2D eigenvalue weighted by atomic mass is 10.2. The summed E-state index contributed by atoms with van der Waals surface area (Å²) < 4.78 is 16.5. The molecular formula is C18H19ClFN5O. The Hall–Kier alpha value is -2.67. The van der Waals surface area contributed by atoms with Crippen molar-refractivity contribution in [1.82, 2.24) is 19.6 Å². The zero-order valence-corrected chi connectivity index (χ0v) is 15.5. The molecule has 0 saturated heterocycles. The second kappa shape index (κ2) is 7.29. The van der Waals surface area contributed by atoms with E-state index in [1.165, 1.54) is 12.1 Å². The summed E-state index contributed by atoms with van der Waals surface area (Å²) in [7, 11) is 0. The maximum Gasteiger partial charge on any atom is 0.246 e. The molecule has 0 bridgehead atoms. The molecule has 8 heteroatoms. The highest BCUT2D eigenvalue weighted by atomic mass is 35.5. The summed E-state index contributed by atoms with van der Waals surface area (Å²) in [6, 6.07) is 6.11. The van der Waals surface area contributed by atoms with E-state index in [9.17, 15) is 9.18 Å². The fourth-order valence-electron chi connectivity index (χ4n) is 2.72. The largest absolute Gasteiger partial charge is 0.321 e. The molecule has 0 saturated carbocycles. The molecule has 0 aliphatic heterocycles. The summed E-state index contributed by atoms with van der Waals surface area (Å²) in [6.07, 6.45) is 1.76. The molecule has 0 spiro atoms. The van der Waals surface area contributed by atoms with E-state index in [1.54, 1.807) is 21.6 Å². The fourth-order valence-corrected chi connectivity index (χ4v) is 2.95. The molecule has 0 aliphatic carbocycles. The highest BCUT2D eigenvalue weighted by Gasteiger charge is 2.16. The number of hydrogen-bond acceptors (Lipinski definition) is 3. The Morgan fingerprint density at radius 2 is 2.00 bits per heavy atom. The van der Waals surface area contributed by atoms with E-state index in [0.29, 0.717) is 22.9 Å². The van der Waals surface area contributed by atoms with Crippen LogP contribution in [0.5, 0.6) is 0 Å². The highest BCUT2D eigenvalue weighted by molar-refractivity contribution is 6.31. The first kappa shape index (κ1) is 18.1. The van der Waals surface area contributed by atoms with E-state index in [2.05, 4.69) is 15.5 Å². The van der Waals surface area contributed by atoms with Crippen LogP contribution >= 0.6 is 11.6 Å². The minimum atomic E-state index is -0.381. The van der Waals surface area contributed by atoms with Gasteiger partial charge in [-0.2, -0.15) is 10.2 Å². The Morgan fingerprint density at radius 3 is 2.65 bits per heavy atom. The molecule has 2 aromatic heterocycles. The second-order valence-electron chi connectivity index (χ2n) is 6.14. The van der Waals surface area contributed by atoms with Gasteiger partial charge in [0, 0.05) is 11.2 Å². The summed E-state index contributed by atoms with van der Waals surface area (Å²) in [5.41, 5.74) is 3.77. The number of nitrogens with zero attached hydrogens (tertiary/aromatic N) is 4. The van der Waals surface area contributed by atoms with Gasteiger partial charge in [-0.3, -0.25) is 14.2 Å². The Balaban J connectivity index is 1.76. The molecule has 1 aromatic carbocycles.